The zero-order valence-electron chi connectivity index (χ0n) is 18.6. The summed E-state index contributed by atoms with van der Waals surface area (Å²) >= 11 is 1.47. The summed E-state index contributed by atoms with van der Waals surface area (Å²) in [6.45, 7) is 2.67. The second kappa shape index (κ2) is 9.09. The number of thiazole rings is 1. The summed E-state index contributed by atoms with van der Waals surface area (Å²) in [6.07, 6.45) is 0. The monoisotopic (exact) mass is 505 g/mol. The van der Waals surface area contributed by atoms with Gasteiger partial charge in [-0.25, -0.2) is 12.8 Å². The molecule has 1 amide bonds. The van der Waals surface area contributed by atoms with Gasteiger partial charge in [-0.05, 0) is 66.9 Å². The zero-order valence-corrected chi connectivity index (χ0v) is 20.2. The predicted molar refractivity (Wildman–Crippen MR) is 137 cm³/mol. The molecule has 9 heteroatoms. The number of amides is 1. The minimum absolute atomic E-state index is 0.0598. The molecule has 6 nitrogen and oxygen atoms in total. The molecule has 1 heterocycles. The summed E-state index contributed by atoms with van der Waals surface area (Å²) in [5.74, 6) is -0.942. The maximum atomic E-state index is 13.1. The SMILES string of the molecule is CCn1c(=NC(=O)c2ccc(NS(=O)(=O)c3ccc(F)cc3)cc2)sc2c3ccccc3ccc21. The van der Waals surface area contributed by atoms with Crippen molar-refractivity contribution in [2.24, 2.45) is 4.99 Å². The summed E-state index contributed by atoms with van der Waals surface area (Å²) in [6, 6.07) is 22.8. The third-order valence-corrected chi connectivity index (χ3v) is 8.12. The van der Waals surface area contributed by atoms with E-state index in [1.807, 2.05) is 29.7 Å². The Morgan fingerprint density at radius 1 is 0.971 bits per heavy atom. The summed E-state index contributed by atoms with van der Waals surface area (Å²) in [7, 11) is -3.88. The van der Waals surface area contributed by atoms with E-state index in [9.17, 15) is 17.6 Å². The number of nitrogens with one attached hydrogen (secondary N) is 1. The molecule has 35 heavy (non-hydrogen) atoms. The number of halogens is 1. The number of anilines is 1. The van der Waals surface area contributed by atoms with Gasteiger partial charge in [-0.3, -0.25) is 9.52 Å². The van der Waals surface area contributed by atoms with Gasteiger partial charge in [0.15, 0.2) is 4.80 Å². The molecule has 0 saturated heterocycles. The van der Waals surface area contributed by atoms with Crippen LogP contribution in [0.15, 0.2) is 94.8 Å². The van der Waals surface area contributed by atoms with Crippen LogP contribution in [0.5, 0.6) is 0 Å². The van der Waals surface area contributed by atoms with Crippen LogP contribution >= 0.6 is 11.3 Å². The number of aryl methyl sites for hydroxylation is 1. The Labute approximate surface area is 205 Å². The second-order valence-electron chi connectivity index (χ2n) is 7.82. The summed E-state index contributed by atoms with van der Waals surface area (Å²) in [5, 5.41) is 2.24. The number of rotatable bonds is 5. The van der Waals surface area contributed by atoms with E-state index in [1.165, 1.54) is 47.7 Å². The van der Waals surface area contributed by atoms with Crippen LogP contribution in [-0.2, 0) is 16.6 Å². The fourth-order valence-corrected chi connectivity index (χ4v) is 6.14. The lowest BCUT2D eigenvalue weighted by molar-refractivity contribution is 0.0998. The fourth-order valence-electron chi connectivity index (χ4n) is 3.85. The van der Waals surface area contributed by atoms with Crippen molar-refractivity contribution in [3.8, 4) is 0 Å². The number of aromatic nitrogens is 1. The number of sulfonamides is 1. The molecule has 0 unspecified atom stereocenters. The van der Waals surface area contributed by atoms with Crippen LogP contribution in [0, 0.1) is 5.82 Å². The molecule has 0 saturated carbocycles. The van der Waals surface area contributed by atoms with Gasteiger partial charge in [-0.1, -0.05) is 41.7 Å². The van der Waals surface area contributed by atoms with Gasteiger partial charge >= 0.3 is 0 Å². The van der Waals surface area contributed by atoms with Gasteiger partial charge in [-0.15, -0.1) is 0 Å². The van der Waals surface area contributed by atoms with Crippen molar-refractivity contribution < 1.29 is 17.6 Å². The maximum Gasteiger partial charge on any atom is 0.279 e. The first kappa shape index (κ1) is 22.9. The number of benzene rings is 4. The van der Waals surface area contributed by atoms with Crippen molar-refractivity contribution in [3.05, 3.63) is 101 Å². The number of fused-ring (bicyclic) bond motifs is 3. The van der Waals surface area contributed by atoms with Crippen molar-refractivity contribution in [2.75, 3.05) is 4.72 Å². The first-order valence-electron chi connectivity index (χ1n) is 10.8. The first-order chi connectivity index (χ1) is 16.9. The lowest BCUT2D eigenvalue weighted by atomic mass is 10.1. The fraction of sp³-hybridized carbons (Fsp3) is 0.0769. The van der Waals surface area contributed by atoms with E-state index in [1.54, 1.807) is 0 Å². The van der Waals surface area contributed by atoms with Gasteiger partial charge in [0, 0.05) is 23.2 Å². The third-order valence-electron chi connectivity index (χ3n) is 5.60. The molecule has 0 aliphatic carbocycles. The van der Waals surface area contributed by atoms with Crippen LogP contribution in [0.3, 0.4) is 0 Å². The molecule has 0 spiro atoms. The molecule has 0 aliphatic rings. The van der Waals surface area contributed by atoms with Gasteiger partial charge in [-0.2, -0.15) is 4.99 Å². The maximum absolute atomic E-state index is 13.1. The standard InChI is InChI=1S/C26H20FN3O3S2/c1-2-30-23-16-9-17-5-3-4-6-22(17)24(23)34-26(30)28-25(31)18-7-12-20(13-8-18)29-35(32,33)21-14-10-19(27)11-15-21/h3-16,29H,2H2,1H3. The van der Waals surface area contributed by atoms with E-state index >= 15 is 0 Å². The van der Waals surface area contributed by atoms with Crippen molar-refractivity contribution >= 4 is 53.9 Å². The summed E-state index contributed by atoms with van der Waals surface area (Å²) in [4.78, 5) is 17.8. The normalized spacial score (nSPS) is 12.3. The topological polar surface area (TPSA) is 80.5 Å². The van der Waals surface area contributed by atoms with Crippen LogP contribution in [0.1, 0.15) is 17.3 Å². The Bertz CT molecular complexity index is 1740. The highest BCUT2D eigenvalue weighted by molar-refractivity contribution is 7.92. The van der Waals surface area contributed by atoms with E-state index < -0.39 is 21.7 Å². The van der Waals surface area contributed by atoms with Crippen molar-refractivity contribution in [2.45, 2.75) is 18.4 Å². The number of hydrogen-bond acceptors (Lipinski definition) is 4. The van der Waals surface area contributed by atoms with Crippen LogP contribution in [0.4, 0.5) is 10.1 Å². The highest BCUT2D eigenvalue weighted by Gasteiger charge is 2.15. The number of carbonyl (C=O) groups excluding carboxylic acids is 1. The molecule has 5 rings (SSSR count). The molecule has 5 aromatic rings. The quantitative estimate of drug-likeness (QED) is 0.340. The minimum atomic E-state index is -3.88. The lowest BCUT2D eigenvalue weighted by Gasteiger charge is -2.08. The van der Waals surface area contributed by atoms with Crippen LogP contribution in [-0.4, -0.2) is 18.9 Å². The minimum Gasteiger partial charge on any atom is -0.317 e. The van der Waals surface area contributed by atoms with Gasteiger partial charge in [0.2, 0.25) is 0 Å². The lowest BCUT2D eigenvalue weighted by Crippen LogP contribution is -2.16. The molecule has 0 fully saturated rings. The molecule has 0 aliphatic heterocycles. The highest BCUT2D eigenvalue weighted by Crippen LogP contribution is 2.27. The Morgan fingerprint density at radius 3 is 2.40 bits per heavy atom. The molecule has 0 atom stereocenters. The van der Waals surface area contributed by atoms with E-state index in [0.717, 1.165) is 33.1 Å². The van der Waals surface area contributed by atoms with E-state index in [4.69, 9.17) is 0 Å². The van der Waals surface area contributed by atoms with Gasteiger partial charge in [0.1, 0.15) is 5.82 Å². The van der Waals surface area contributed by atoms with Crippen LogP contribution < -0.4 is 9.52 Å². The Balaban J connectivity index is 1.44. The number of nitrogens with zero attached hydrogens (tertiary/aromatic N) is 2. The first-order valence-corrected chi connectivity index (χ1v) is 13.1. The predicted octanol–water partition coefficient (Wildman–Crippen LogP) is 5.56. The van der Waals surface area contributed by atoms with E-state index in [2.05, 4.69) is 27.9 Å². The van der Waals surface area contributed by atoms with Gasteiger partial charge < -0.3 is 4.57 Å². The highest BCUT2D eigenvalue weighted by atomic mass is 32.2. The van der Waals surface area contributed by atoms with Crippen molar-refractivity contribution in [1.82, 2.24) is 4.57 Å². The van der Waals surface area contributed by atoms with Crippen molar-refractivity contribution in [3.63, 3.8) is 0 Å². The summed E-state index contributed by atoms with van der Waals surface area (Å²) < 4.78 is 43.6. The molecule has 0 bridgehead atoms. The Morgan fingerprint density at radius 2 is 1.69 bits per heavy atom. The van der Waals surface area contributed by atoms with Crippen molar-refractivity contribution in [1.29, 1.82) is 0 Å². The molecule has 1 N–H and O–H groups in total. The third kappa shape index (κ3) is 4.48. The summed E-state index contributed by atoms with van der Waals surface area (Å²) in [5.41, 5.74) is 1.64. The molecule has 1 aromatic heterocycles. The molecule has 0 radical (unpaired) electrons. The number of carbonyl (C=O) groups is 1. The molecular weight excluding hydrogens is 485 g/mol. The van der Waals surface area contributed by atoms with Gasteiger partial charge in [0.25, 0.3) is 15.9 Å². The smallest absolute Gasteiger partial charge is 0.279 e. The molecular formula is C26H20FN3O3S2. The molecule has 4 aromatic carbocycles. The van der Waals surface area contributed by atoms with E-state index in [0.29, 0.717) is 16.9 Å². The largest absolute Gasteiger partial charge is 0.317 e. The average molecular weight is 506 g/mol. The van der Waals surface area contributed by atoms with Crippen LogP contribution in [0.25, 0.3) is 21.0 Å². The molecule has 176 valence electrons. The average Bonchev–Trinajstić information content (AvgIpc) is 3.22. The Hall–Kier alpha value is -3.82. The van der Waals surface area contributed by atoms with E-state index in [-0.39, 0.29) is 10.6 Å². The van der Waals surface area contributed by atoms with Gasteiger partial charge in [0.05, 0.1) is 15.1 Å². The second-order valence-corrected chi connectivity index (χ2v) is 10.5. The number of hydrogen-bond donors (Lipinski definition) is 1. The Kier molecular flexibility index (Phi) is 5.96. The van der Waals surface area contributed by atoms with Crippen LogP contribution in [0.2, 0.25) is 0 Å². The zero-order chi connectivity index (χ0) is 24.6.